The molecule has 0 spiro atoms. The van der Waals surface area contributed by atoms with Crippen LogP contribution in [0.5, 0.6) is 0 Å². The highest BCUT2D eigenvalue weighted by Gasteiger charge is 2.13. The largest absolute Gasteiger partial charge is 0.370 e. The van der Waals surface area contributed by atoms with Crippen molar-refractivity contribution in [1.82, 2.24) is 0 Å². The molecular weight excluding hydrogens is 200 g/mol. The second-order valence-corrected chi connectivity index (χ2v) is 4.38. The maximum atomic E-state index is 5.34. The molecule has 16 heavy (non-hydrogen) atoms. The molecule has 2 rings (SSSR count). The first-order valence-electron chi connectivity index (χ1n) is 6.22. The van der Waals surface area contributed by atoms with E-state index in [0.29, 0.717) is 0 Å². The van der Waals surface area contributed by atoms with Gasteiger partial charge in [0.05, 0.1) is 13.2 Å². The van der Waals surface area contributed by atoms with Gasteiger partial charge in [0, 0.05) is 5.56 Å². The Morgan fingerprint density at radius 2 is 1.88 bits per heavy atom. The van der Waals surface area contributed by atoms with Crippen molar-refractivity contribution in [3.63, 3.8) is 0 Å². The number of ether oxygens (including phenoxy) is 1. The van der Waals surface area contributed by atoms with Crippen LogP contribution in [0.2, 0.25) is 0 Å². The average Bonchev–Trinajstić information content (AvgIpc) is 2.37. The van der Waals surface area contributed by atoms with Crippen LogP contribution in [0.25, 0.3) is 0 Å². The molecule has 3 heteroatoms. The van der Waals surface area contributed by atoms with Gasteiger partial charge in [-0.3, -0.25) is 0 Å². The lowest BCUT2D eigenvalue weighted by atomic mass is 10.2. The molecule has 0 bridgehead atoms. The first-order valence-corrected chi connectivity index (χ1v) is 6.22. The van der Waals surface area contributed by atoms with Gasteiger partial charge < -0.3 is 15.0 Å². The van der Waals surface area contributed by atoms with Crippen LogP contribution in [0.1, 0.15) is 5.56 Å². The fraction of sp³-hybridized carbons (Fsp3) is 0.538. The molecule has 3 nitrogen and oxygen atoms in total. The number of rotatable bonds is 5. The zero-order valence-corrected chi connectivity index (χ0v) is 9.82. The third-order valence-electron chi connectivity index (χ3n) is 3.12. The van der Waals surface area contributed by atoms with Crippen LogP contribution >= 0.6 is 0 Å². The molecule has 1 aromatic carbocycles. The normalized spacial score (nSPS) is 17.5. The van der Waals surface area contributed by atoms with Gasteiger partial charge in [-0.15, -0.1) is 0 Å². The molecule has 1 aliphatic heterocycles. The standard InChI is InChI=1S/C13H20N2O/c1-2-4-13(5-3-1)12-14-6-7-15-8-10-16-11-9-15/h1-5,14H,6-12H2/p+2. The second kappa shape index (κ2) is 6.63. The molecule has 1 aromatic rings. The van der Waals surface area contributed by atoms with E-state index in [1.54, 1.807) is 4.90 Å². The fourth-order valence-corrected chi connectivity index (χ4v) is 2.10. The van der Waals surface area contributed by atoms with Gasteiger partial charge in [-0.1, -0.05) is 30.3 Å². The predicted molar refractivity (Wildman–Crippen MR) is 63.3 cm³/mol. The van der Waals surface area contributed by atoms with E-state index in [4.69, 9.17) is 4.74 Å². The maximum Gasteiger partial charge on any atom is 0.127 e. The zero-order chi connectivity index (χ0) is 11.1. The summed E-state index contributed by atoms with van der Waals surface area (Å²) in [7, 11) is 0. The maximum absolute atomic E-state index is 5.34. The molecule has 1 heterocycles. The van der Waals surface area contributed by atoms with Gasteiger partial charge in [0.2, 0.25) is 0 Å². The van der Waals surface area contributed by atoms with Crippen molar-refractivity contribution in [2.24, 2.45) is 0 Å². The Morgan fingerprint density at radius 3 is 2.62 bits per heavy atom. The molecule has 0 saturated carbocycles. The van der Waals surface area contributed by atoms with Crippen LogP contribution in [0, 0.1) is 0 Å². The van der Waals surface area contributed by atoms with Crippen LogP contribution < -0.4 is 10.2 Å². The lowest BCUT2D eigenvalue weighted by molar-refractivity contribution is -0.920. The summed E-state index contributed by atoms with van der Waals surface area (Å²) >= 11 is 0. The van der Waals surface area contributed by atoms with Gasteiger partial charge in [0.15, 0.2) is 0 Å². The van der Waals surface area contributed by atoms with E-state index >= 15 is 0 Å². The number of nitrogens with one attached hydrogen (secondary N) is 1. The van der Waals surface area contributed by atoms with Crippen molar-refractivity contribution >= 4 is 0 Å². The number of hydrogen-bond donors (Lipinski definition) is 2. The minimum absolute atomic E-state index is 0.939. The first-order chi connectivity index (χ1) is 7.95. The molecule has 1 aliphatic rings. The van der Waals surface area contributed by atoms with Gasteiger partial charge in [-0.05, 0) is 0 Å². The van der Waals surface area contributed by atoms with E-state index < -0.39 is 0 Å². The second-order valence-electron chi connectivity index (χ2n) is 4.38. The lowest BCUT2D eigenvalue weighted by Crippen LogP contribution is -3.16. The highest BCUT2D eigenvalue weighted by Crippen LogP contribution is 1.93. The Kier molecular flexibility index (Phi) is 4.80. The van der Waals surface area contributed by atoms with Gasteiger partial charge in [-0.2, -0.15) is 0 Å². The minimum Gasteiger partial charge on any atom is -0.370 e. The summed E-state index contributed by atoms with van der Waals surface area (Å²) in [5.41, 5.74) is 1.42. The molecule has 1 fully saturated rings. The van der Waals surface area contributed by atoms with Crippen molar-refractivity contribution in [2.45, 2.75) is 6.54 Å². The van der Waals surface area contributed by atoms with E-state index in [2.05, 4.69) is 35.6 Å². The summed E-state index contributed by atoms with van der Waals surface area (Å²) in [5.74, 6) is 0. The molecule has 0 unspecified atom stereocenters. The first kappa shape index (κ1) is 11.6. The van der Waals surface area contributed by atoms with Crippen molar-refractivity contribution < 1.29 is 15.0 Å². The Hall–Kier alpha value is -0.900. The Morgan fingerprint density at radius 1 is 1.12 bits per heavy atom. The average molecular weight is 222 g/mol. The molecule has 0 aromatic heterocycles. The molecule has 88 valence electrons. The molecule has 0 radical (unpaired) electrons. The summed E-state index contributed by atoms with van der Waals surface area (Å²) in [4.78, 5) is 1.69. The van der Waals surface area contributed by atoms with Crippen LogP contribution in [-0.2, 0) is 11.3 Å². The van der Waals surface area contributed by atoms with Crippen LogP contribution in [0.4, 0.5) is 0 Å². The summed E-state index contributed by atoms with van der Waals surface area (Å²) in [6.07, 6.45) is 0. The summed E-state index contributed by atoms with van der Waals surface area (Å²) in [6.45, 7) is 7.81. The molecule has 0 amide bonds. The quantitative estimate of drug-likeness (QED) is 0.594. The van der Waals surface area contributed by atoms with E-state index in [9.17, 15) is 0 Å². The van der Waals surface area contributed by atoms with Gasteiger partial charge >= 0.3 is 0 Å². The Labute approximate surface area is 97.4 Å². The molecule has 0 atom stereocenters. The van der Waals surface area contributed by atoms with Crippen LogP contribution in [-0.4, -0.2) is 39.4 Å². The number of morpholine rings is 1. The van der Waals surface area contributed by atoms with E-state index in [-0.39, 0.29) is 0 Å². The highest BCUT2D eigenvalue weighted by molar-refractivity contribution is 5.12. The monoisotopic (exact) mass is 222 g/mol. The van der Waals surface area contributed by atoms with E-state index in [0.717, 1.165) is 19.8 Å². The summed E-state index contributed by atoms with van der Waals surface area (Å²) in [5, 5.41) is 2.40. The SMILES string of the molecule is c1ccc(C[NH2+]CC[NH+]2CCOCC2)cc1. The Balaban J connectivity index is 1.58. The minimum atomic E-state index is 0.939. The lowest BCUT2D eigenvalue weighted by Gasteiger charge is -2.22. The Bertz CT molecular complexity index is 283. The van der Waals surface area contributed by atoms with Crippen LogP contribution in [0.15, 0.2) is 30.3 Å². The topological polar surface area (TPSA) is 30.3 Å². The smallest absolute Gasteiger partial charge is 0.127 e. The van der Waals surface area contributed by atoms with Crippen molar-refractivity contribution in [2.75, 3.05) is 39.4 Å². The molecule has 3 N–H and O–H groups in total. The number of nitrogens with two attached hydrogens (primary N) is 1. The number of quaternary nitrogens is 2. The molecular formula is C13H22N2O+2. The van der Waals surface area contributed by atoms with E-state index in [1.807, 2.05) is 0 Å². The molecule has 1 saturated heterocycles. The fourth-order valence-electron chi connectivity index (χ4n) is 2.10. The summed E-state index contributed by atoms with van der Waals surface area (Å²) < 4.78 is 5.34. The van der Waals surface area contributed by atoms with Crippen molar-refractivity contribution in [3.8, 4) is 0 Å². The molecule has 0 aliphatic carbocycles. The highest BCUT2D eigenvalue weighted by atomic mass is 16.5. The third-order valence-corrected chi connectivity index (χ3v) is 3.12. The summed E-state index contributed by atoms with van der Waals surface area (Å²) in [6, 6.07) is 10.7. The number of benzene rings is 1. The van der Waals surface area contributed by atoms with Crippen molar-refractivity contribution in [3.05, 3.63) is 35.9 Å². The van der Waals surface area contributed by atoms with Crippen LogP contribution in [0.3, 0.4) is 0 Å². The zero-order valence-electron chi connectivity index (χ0n) is 9.82. The van der Waals surface area contributed by atoms with Gasteiger partial charge in [0.25, 0.3) is 0 Å². The van der Waals surface area contributed by atoms with E-state index in [1.165, 1.54) is 31.7 Å². The van der Waals surface area contributed by atoms with Crippen molar-refractivity contribution in [1.29, 1.82) is 0 Å². The third kappa shape index (κ3) is 3.93. The predicted octanol–water partition coefficient (Wildman–Crippen LogP) is -1.33. The number of hydrogen-bond acceptors (Lipinski definition) is 1. The van der Waals surface area contributed by atoms with Gasteiger partial charge in [0.1, 0.15) is 32.7 Å². The van der Waals surface area contributed by atoms with Gasteiger partial charge in [-0.25, -0.2) is 0 Å².